The van der Waals surface area contributed by atoms with Crippen molar-refractivity contribution >= 4 is 17.9 Å². The van der Waals surface area contributed by atoms with Gasteiger partial charge in [-0.3, -0.25) is 9.59 Å². The Bertz CT molecular complexity index is 2150. The zero-order chi connectivity index (χ0) is 41.8. The highest BCUT2D eigenvalue weighted by Gasteiger charge is 2.39. The Morgan fingerprint density at radius 1 is 0.712 bits per heavy atom. The van der Waals surface area contributed by atoms with Gasteiger partial charge < -0.3 is 24.8 Å². The fourth-order valence-corrected chi connectivity index (χ4v) is 7.66. The molecule has 1 aromatic heterocycles. The maximum atomic E-state index is 14.7. The number of likely N-dealkylation sites (N-methyl/N-ethyl adjacent to an activating group) is 1. The highest BCUT2D eigenvalue weighted by atomic mass is 16.5. The minimum atomic E-state index is -1.10. The van der Waals surface area contributed by atoms with E-state index in [2.05, 4.69) is 65.4 Å². The fourth-order valence-electron chi connectivity index (χ4n) is 7.66. The molecule has 0 saturated carbocycles. The molecule has 5 aromatic carbocycles. The van der Waals surface area contributed by atoms with E-state index in [-0.39, 0.29) is 30.3 Å². The minimum Gasteiger partial charge on any atom is -0.445 e. The van der Waals surface area contributed by atoms with Gasteiger partial charge in [-0.05, 0) is 40.2 Å². The molecule has 0 spiro atoms. The van der Waals surface area contributed by atoms with Crippen LogP contribution in [0.3, 0.4) is 0 Å². The third-order valence-corrected chi connectivity index (χ3v) is 10.9. The smallest absolute Gasteiger partial charge is 0.408 e. The number of ether oxygens (including phenoxy) is 1. The molecule has 59 heavy (non-hydrogen) atoms. The van der Waals surface area contributed by atoms with Crippen LogP contribution >= 0.6 is 0 Å². The van der Waals surface area contributed by atoms with E-state index in [1.54, 1.807) is 13.4 Å². The van der Waals surface area contributed by atoms with E-state index in [0.29, 0.717) is 18.7 Å². The number of hydrogen-bond acceptors (Lipinski definition) is 5. The van der Waals surface area contributed by atoms with Crippen molar-refractivity contribution in [3.8, 4) is 0 Å². The lowest BCUT2D eigenvalue weighted by Gasteiger charge is -2.37. The van der Waals surface area contributed by atoms with Crippen molar-refractivity contribution in [1.82, 2.24) is 25.1 Å². The quantitative estimate of drug-likeness (QED) is 0.0902. The number of nitrogens with zero attached hydrogens (tertiary/aromatic N) is 3. The lowest BCUT2D eigenvalue weighted by molar-refractivity contribution is -0.141. The second-order valence-corrected chi connectivity index (χ2v) is 16.1. The van der Waals surface area contributed by atoms with E-state index in [9.17, 15) is 14.4 Å². The number of imidazole rings is 1. The summed E-state index contributed by atoms with van der Waals surface area (Å²) < 4.78 is 7.70. The zero-order valence-corrected chi connectivity index (χ0v) is 34.6. The van der Waals surface area contributed by atoms with E-state index in [0.717, 1.165) is 27.8 Å². The topological polar surface area (TPSA) is 106 Å². The standard InChI is InChI=1S/C50H55N5O4/c1-37(2)31-45(46(56)51-35-49(3,4)39-23-13-7-14-24-39)54(5)47(57)44(53-48(58)59-34-38-21-11-6-12-22-38)32-43-33-55(36-52-43)50(40-25-15-8-16-26-40,41-27-17-9-18-28-41)42-29-19-10-20-30-42/h6-30,33,36-37,44-45H,31-32,34-35H2,1-5H3,(H,51,56)(H,53,58)/t44-,45-/m0/s1. The first-order valence-electron chi connectivity index (χ1n) is 20.3. The Morgan fingerprint density at radius 2 is 1.19 bits per heavy atom. The molecule has 0 fully saturated rings. The van der Waals surface area contributed by atoms with Gasteiger partial charge >= 0.3 is 6.09 Å². The summed E-state index contributed by atoms with van der Waals surface area (Å²) in [6.07, 6.45) is 3.44. The van der Waals surface area contributed by atoms with Crippen LogP contribution in [0.5, 0.6) is 0 Å². The molecular formula is C50H55N5O4. The molecule has 304 valence electrons. The molecule has 0 aliphatic carbocycles. The number of carbonyl (C=O) groups is 3. The maximum Gasteiger partial charge on any atom is 0.408 e. The predicted molar refractivity (Wildman–Crippen MR) is 233 cm³/mol. The first-order valence-corrected chi connectivity index (χ1v) is 20.3. The van der Waals surface area contributed by atoms with Gasteiger partial charge in [-0.15, -0.1) is 0 Å². The third-order valence-electron chi connectivity index (χ3n) is 10.9. The Kier molecular flexibility index (Phi) is 13.8. The van der Waals surface area contributed by atoms with Crippen molar-refractivity contribution < 1.29 is 19.1 Å². The van der Waals surface area contributed by atoms with E-state index in [1.807, 2.05) is 135 Å². The van der Waals surface area contributed by atoms with Crippen LogP contribution in [0.4, 0.5) is 4.79 Å². The monoisotopic (exact) mass is 789 g/mol. The van der Waals surface area contributed by atoms with E-state index in [1.165, 1.54) is 4.90 Å². The van der Waals surface area contributed by atoms with Crippen molar-refractivity contribution in [2.75, 3.05) is 13.6 Å². The lowest BCUT2D eigenvalue weighted by Crippen LogP contribution is -2.56. The SMILES string of the molecule is CC(C)C[C@@H](C(=O)NCC(C)(C)c1ccccc1)N(C)C(=O)[C@H](Cc1cn(C(c2ccccc2)(c2ccccc2)c2ccccc2)cn1)NC(=O)OCc1ccccc1. The van der Waals surface area contributed by atoms with Crippen molar-refractivity contribution in [2.24, 2.45) is 5.92 Å². The second kappa shape index (κ2) is 19.3. The molecule has 2 atom stereocenters. The largest absolute Gasteiger partial charge is 0.445 e. The molecule has 3 amide bonds. The molecule has 0 aliphatic heterocycles. The third kappa shape index (κ3) is 10.2. The molecule has 9 heteroatoms. The summed E-state index contributed by atoms with van der Waals surface area (Å²) in [5, 5.41) is 5.99. The van der Waals surface area contributed by atoms with Gasteiger partial charge in [0.1, 0.15) is 24.2 Å². The molecular weight excluding hydrogens is 735 g/mol. The summed E-state index contributed by atoms with van der Waals surface area (Å²) >= 11 is 0. The number of hydrogen-bond donors (Lipinski definition) is 2. The van der Waals surface area contributed by atoms with Crippen LogP contribution in [-0.4, -0.2) is 58.0 Å². The van der Waals surface area contributed by atoms with Crippen LogP contribution < -0.4 is 10.6 Å². The summed E-state index contributed by atoms with van der Waals surface area (Å²) in [6, 6.07) is 48.2. The van der Waals surface area contributed by atoms with Gasteiger partial charge in [0.2, 0.25) is 11.8 Å². The van der Waals surface area contributed by atoms with Gasteiger partial charge in [-0.25, -0.2) is 9.78 Å². The van der Waals surface area contributed by atoms with Crippen LogP contribution in [0.2, 0.25) is 0 Å². The van der Waals surface area contributed by atoms with Crippen LogP contribution in [0.1, 0.15) is 67.6 Å². The number of rotatable bonds is 17. The molecule has 1 heterocycles. The average molecular weight is 790 g/mol. The highest BCUT2D eigenvalue weighted by molar-refractivity contribution is 5.91. The van der Waals surface area contributed by atoms with E-state index >= 15 is 0 Å². The number of benzene rings is 5. The van der Waals surface area contributed by atoms with Crippen LogP contribution in [0.25, 0.3) is 0 Å². The summed E-state index contributed by atoms with van der Waals surface area (Å²) in [4.78, 5) is 48.6. The van der Waals surface area contributed by atoms with Gasteiger partial charge in [0.15, 0.2) is 0 Å². The maximum absolute atomic E-state index is 14.7. The Balaban J connectivity index is 1.33. The highest BCUT2D eigenvalue weighted by Crippen LogP contribution is 2.41. The van der Waals surface area contributed by atoms with Crippen molar-refractivity contribution in [2.45, 2.75) is 70.2 Å². The number of amides is 3. The summed E-state index contributed by atoms with van der Waals surface area (Å²) in [5.74, 6) is -0.588. The first-order chi connectivity index (χ1) is 28.5. The molecule has 0 unspecified atom stereocenters. The number of aromatic nitrogens is 2. The summed E-state index contributed by atoms with van der Waals surface area (Å²) in [6.45, 7) is 8.61. The van der Waals surface area contributed by atoms with Crippen molar-refractivity contribution in [3.63, 3.8) is 0 Å². The molecule has 6 rings (SSSR count). The van der Waals surface area contributed by atoms with Crippen molar-refractivity contribution in [1.29, 1.82) is 0 Å². The number of nitrogens with one attached hydrogen (secondary N) is 2. The molecule has 0 saturated heterocycles. The van der Waals surface area contributed by atoms with Crippen LogP contribution in [-0.2, 0) is 38.3 Å². The molecule has 6 aromatic rings. The van der Waals surface area contributed by atoms with E-state index < -0.39 is 29.6 Å². The minimum absolute atomic E-state index is 0.0291. The Hall–Kier alpha value is -6.48. The van der Waals surface area contributed by atoms with E-state index in [4.69, 9.17) is 9.72 Å². The number of carbonyl (C=O) groups excluding carboxylic acids is 3. The predicted octanol–water partition coefficient (Wildman–Crippen LogP) is 8.53. The zero-order valence-electron chi connectivity index (χ0n) is 34.6. The molecule has 9 nitrogen and oxygen atoms in total. The second-order valence-electron chi connectivity index (χ2n) is 16.1. The number of alkyl carbamates (subject to hydrolysis) is 1. The molecule has 0 bridgehead atoms. The van der Waals surface area contributed by atoms with Crippen LogP contribution in [0.15, 0.2) is 164 Å². The van der Waals surface area contributed by atoms with Crippen LogP contribution in [0, 0.1) is 5.92 Å². The van der Waals surface area contributed by atoms with Crippen molar-refractivity contribution in [3.05, 3.63) is 198 Å². The fraction of sp³-hybridized carbons (Fsp3) is 0.280. The summed E-state index contributed by atoms with van der Waals surface area (Å²) in [5.41, 5.74) is 4.38. The Morgan fingerprint density at radius 3 is 1.68 bits per heavy atom. The molecule has 0 aliphatic rings. The molecule has 2 N–H and O–H groups in total. The van der Waals surface area contributed by atoms with Gasteiger partial charge in [0.25, 0.3) is 0 Å². The summed E-state index contributed by atoms with van der Waals surface area (Å²) in [7, 11) is 1.63. The van der Waals surface area contributed by atoms with Gasteiger partial charge in [-0.1, -0.05) is 179 Å². The lowest BCUT2D eigenvalue weighted by atomic mass is 9.77. The molecule has 0 radical (unpaired) electrons. The van der Waals surface area contributed by atoms with Gasteiger partial charge in [-0.2, -0.15) is 0 Å². The first kappa shape index (κ1) is 42.1. The van der Waals surface area contributed by atoms with Gasteiger partial charge in [0, 0.05) is 31.6 Å². The average Bonchev–Trinajstić information content (AvgIpc) is 3.73. The Labute approximate surface area is 348 Å². The normalized spacial score (nSPS) is 12.6. The van der Waals surface area contributed by atoms with Gasteiger partial charge in [0.05, 0.1) is 12.0 Å².